The van der Waals surface area contributed by atoms with Gasteiger partial charge in [-0.15, -0.1) is 0 Å². The molecule has 21 heavy (non-hydrogen) atoms. The van der Waals surface area contributed by atoms with Crippen LogP contribution >= 0.6 is 0 Å². The molecule has 0 aliphatic heterocycles. The maximum Gasteiger partial charge on any atom is 0.253 e. The Hall–Kier alpha value is -2.01. The third kappa shape index (κ3) is 2.88. The molecule has 0 bridgehead atoms. The van der Waals surface area contributed by atoms with Gasteiger partial charge in [0.25, 0.3) is 5.89 Å². The Balaban J connectivity index is 1.83. The minimum absolute atomic E-state index is 0.254. The van der Waals surface area contributed by atoms with Crippen LogP contribution in [0.1, 0.15) is 49.9 Å². The fraction of sp³-hybridized carbons (Fsp3) is 0.375. The highest BCUT2D eigenvalue weighted by Crippen LogP contribution is 2.35. The maximum absolute atomic E-state index is 12.9. The Morgan fingerprint density at radius 2 is 1.95 bits per heavy atom. The van der Waals surface area contributed by atoms with Crippen LogP contribution in [0.4, 0.5) is 4.39 Å². The van der Waals surface area contributed by atoms with E-state index < -0.39 is 5.54 Å². The van der Waals surface area contributed by atoms with Gasteiger partial charge in [0, 0.05) is 5.57 Å². The van der Waals surface area contributed by atoms with Crippen molar-refractivity contribution in [1.29, 1.82) is 0 Å². The van der Waals surface area contributed by atoms with Crippen molar-refractivity contribution in [1.82, 2.24) is 10.1 Å². The predicted molar refractivity (Wildman–Crippen MR) is 78.6 cm³/mol. The minimum Gasteiger partial charge on any atom is -0.334 e. The van der Waals surface area contributed by atoms with Gasteiger partial charge < -0.3 is 10.3 Å². The Bertz CT molecular complexity index is 654. The van der Waals surface area contributed by atoms with E-state index in [0.717, 1.165) is 36.8 Å². The molecule has 110 valence electrons. The average molecular weight is 287 g/mol. The van der Waals surface area contributed by atoms with Crippen molar-refractivity contribution < 1.29 is 8.91 Å². The van der Waals surface area contributed by atoms with Gasteiger partial charge in [0.15, 0.2) is 5.82 Å². The van der Waals surface area contributed by atoms with E-state index in [-0.39, 0.29) is 5.82 Å². The first-order valence-electron chi connectivity index (χ1n) is 7.14. The van der Waals surface area contributed by atoms with Gasteiger partial charge in [0.2, 0.25) is 0 Å². The smallest absolute Gasteiger partial charge is 0.253 e. The minimum atomic E-state index is -0.447. The van der Waals surface area contributed by atoms with Crippen molar-refractivity contribution in [3.8, 4) is 0 Å². The monoisotopic (exact) mass is 287 g/mol. The van der Waals surface area contributed by atoms with Gasteiger partial charge >= 0.3 is 0 Å². The molecule has 0 spiro atoms. The second kappa shape index (κ2) is 5.41. The van der Waals surface area contributed by atoms with Crippen LogP contribution in [0.5, 0.6) is 0 Å². The third-order valence-corrected chi connectivity index (χ3v) is 3.96. The van der Waals surface area contributed by atoms with Crippen molar-refractivity contribution >= 4 is 11.6 Å². The normalized spacial score (nSPS) is 18.1. The fourth-order valence-electron chi connectivity index (χ4n) is 2.69. The van der Waals surface area contributed by atoms with Crippen LogP contribution in [-0.2, 0) is 5.54 Å². The molecule has 0 saturated heterocycles. The Morgan fingerprint density at radius 3 is 2.62 bits per heavy atom. The Kier molecular flexibility index (Phi) is 3.59. The third-order valence-electron chi connectivity index (χ3n) is 3.96. The molecular weight excluding hydrogens is 269 g/mol. The van der Waals surface area contributed by atoms with Crippen molar-refractivity contribution in [3.05, 3.63) is 47.4 Å². The number of allylic oxidation sites excluding steroid dienone is 1. The molecule has 1 aromatic carbocycles. The van der Waals surface area contributed by atoms with E-state index in [9.17, 15) is 4.39 Å². The summed E-state index contributed by atoms with van der Waals surface area (Å²) in [7, 11) is 0. The predicted octanol–water partition coefficient (Wildman–Crippen LogP) is 3.50. The summed E-state index contributed by atoms with van der Waals surface area (Å²) < 4.78 is 18.2. The SMILES string of the molecule is C/C(=C/c1ccc(F)cc1)c1nc(C2(N)CCCC2)no1. The second-order valence-electron chi connectivity index (χ2n) is 5.67. The molecule has 3 rings (SSSR count). The zero-order valence-corrected chi connectivity index (χ0v) is 12.0. The van der Waals surface area contributed by atoms with Crippen LogP contribution < -0.4 is 5.73 Å². The largest absolute Gasteiger partial charge is 0.334 e. The topological polar surface area (TPSA) is 64.9 Å². The fourth-order valence-corrected chi connectivity index (χ4v) is 2.69. The number of benzene rings is 1. The van der Waals surface area contributed by atoms with Gasteiger partial charge in [0.1, 0.15) is 5.82 Å². The maximum atomic E-state index is 12.9. The zero-order chi connectivity index (χ0) is 14.9. The van der Waals surface area contributed by atoms with Crippen LogP contribution in [0.25, 0.3) is 11.6 Å². The number of aromatic nitrogens is 2. The highest BCUT2D eigenvalue weighted by molar-refractivity contribution is 5.76. The molecule has 2 aromatic rings. The molecule has 1 aliphatic rings. The Labute approximate surface area is 122 Å². The van der Waals surface area contributed by atoms with Crippen molar-refractivity contribution in [3.63, 3.8) is 0 Å². The molecule has 0 unspecified atom stereocenters. The molecule has 0 amide bonds. The van der Waals surface area contributed by atoms with Crippen LogP contribution in [0.15, 0.2) is 28.8 Å². The summed E-state index contributed by atoms with van der Waals surface area (Å²) in [5.41, 5.74) is 7.59. The van der Waals surface area contributed by atoms with Gasteiger partial charge in [-0.1, -0.05) is 30.1 Å². The second-order valence-corrected chi connectivity index (χ2v) is 5.67. The standard InChI is InChI=1S/C16H18FN3O/c1-11(10-12-4-6-13(17)7-5-12)14-19-15(20-21-14)16(18)8-2-3-9-16/h4-7,10H,2-3,8-9,18H2,1H3/b11-10-. The van der Waals surface area contributed by atoms with E-state index in [1.165, 1.54) is 12.1 Å². The summed E-state index contributed by atoms with van der Waals surface area (Å²) in [4.78, 5) is 4.43. The number of rotatable bonds is 3. The van der Waals surface area contributed by atoms with E-state index >= 15 is 0 Å². The van der Waals surface area contributed by atoms with E-state index in [1.54, 1.807) is 12.1 Å². The molecule has 0 atom stereocenters. The van der Waals surface area contributed by atoms with Crippen molar-refractivity contribution in [2.75, 3.05) is 0 Å². The van der Waals surface area contributed by atoms with Crippen LogP contribution in [0.2, 0.25) is 0 Å². The van der Waals surface area contributed by atoms with Crippen LogP contribution in [-0.4, -0.2) is 10.1 Å². The number of hydrogen-bond donors (Lipinski definition) is 1. The Morgan fingerprint density at radius 1 is 1.29 bits per heavy atom. The van der Waals surface area contributed by atoms with Gasteiger partial charge in [-0.25, -0.2) is 4.39 Å². The summed E-state index contributed by atoms with van der Waals surface area (Å²) in [6.45, 7) is 1.89. The summed E-state index contributed by atoms with van der Waals surface area (Å²) in [5, 5.41) is 4.03. The average Bonchev–Trinajstić information content (AvgIpc) is 3.11. The zero-order valence-electron chi connectivity index (χ0n) is 12.0. The number of hydrogen-bond acceptors (Lipinski definition) is 4. The summed E-state index contributed by atoms with van der Waals surface area (Å²) in [6, 6.07) is 6.26. The molecule has 1 heterocycles. The lowest BCUT2D eigenvalue weighted by atomic mass is 9.99. The van der Waals surface area contributed by atoms with E-state index in [0.29, 0.717) is 11.7 Å². The quantitative estimate of drug-likeness (QED) is 0.938. The number of halogens is 1. The van der Waals surface area contributed by atoms with Crippen LogP contribution in [0, 0.1) is 5.82 Å². The highest BCUT2D eigenvalue weighted by Gasteiger charge is 2.36. The lowest BCUT2D eigenvalue weighted by molar-refractivity contribution is 0.363. The molecule has 1 fully saturated rings. The van der Waals surface area contributed by atoms with Crippen LogP contribution in [0.3, 0.4) is 0 Å². The summed E-state index contributed by atoms with van der Waals surface area (Å²) in [6.07, 6.45) is 5.88. The first-order valence-corrected chi connectivity index (χ1v) is 7.14. The van der Waals surface area contributed by atoms with Gasteiger partial charge in [-0.2, -0.15) is 4.98 Å². The number of nitrogens with zero attached hydrogens (tertiary/aromatic N) is 2. The molecule has 2 N–H and O–H groups in total. The number of nitrogens with two attached hydrogens (primary N) is 1. The first-order chi connectivity index (χ1) is 10.1. The molecule has 1 saturated carbocycles. The van der Waals surface area contributed by atoms with Crippen molar-refractivity contribution in [2.45, 2.75) is 38.1 Å². The lowest BCUT2D eigenvalue weighted by Crippen LogP contribution is -2.34. The van der Waals surface area contributed by atoms with E-state index in [1.807, 2.05) is 13.0 Å². The molecule has 4 nitrogen and oxygen atoms in total. The van der Waals surface area contributed by atoms with Gasteiger partial charge in [0.05, 0.1) is 5.54 Å². The molecule has 1 aliphatic carbocycles. The van der Waals surface area contributed by atoms with E-state index in [4.69, 9.17) is 10.3 Å². The first kappa shape index (κ1) is 13.9. The molecule has 0 radical (unpaired) electrons. The molecule has 5 heteroatoms. The van der Waals surface area contributed by atoms with Gasteiger partial charge in [-0.05, 0) is 43.5 Å². The van der Waals surface area contributed by atoms with Gasteiger partial charge in [-0.3, -0.25) is 0 Å². The molecular formula is C16H18FN3O. The summed E-state index contributed by atoms with van der Waals surface area (Å²) >= 11 is 0. The summed E-state index contributed by atoms with van der Waals surface area (Å²) in [5.74, 6) is 0.795. The van der Waals surface area contributed by atoms with E-state index in [2.05, 4.69) is 10.1 Å². The van der Waals surface area contributed by atoms with Crippen molar-refractivity contribution in [2.24, 2.45) is 5.73 Å². The lowest BCUT2D eigenvalue weighted by Gasteiger charge is -2.17. The molecule has 1 aromatic heterocycles. The highest BCUT2D eigenvalue weighted by atomic mass is 19.1.